The van der Waals surface area contributed by atoms with Crippen molar-refractivity contribution < 1.29 is 68.3 Å². The minimum Gasteiger partial charge on any atom is -0.451 e. The standard InChI is InChI=1S/C55H74N10O14S2/c1-30(67)43(27-66)62-53(76)45-29-81-80-28-44(63-50(73)40(23-34-15-7-5-8-16-34)59-47(70)33(4)79-55(78)32(3)69)52(75)60-41(24-35-17-9-6-10-18-35)49(72)61-42(25-36-26-57-38-20-12-11-19-37(36)38)51(74)58-39(21-13-14-22-56)48(71)65-46(31(2)68)54(77)64-45/h5-12,15-20,26,30-33,39-46,57,66-69H,13-14,21-25,27-29,56H2,1-4H3,(H,58,74)(H,59,70)(H,60,75)(H,61,72)(H,62,76)(H,63,73)(H,64,77)(H,65,71)/t30-,31-,32+,33+,39+,40-,41+,42-,43-,44+,45+,46+/m1/s1. The third-order valence-electron chi connectivity index (χ3n) is 13.1. The number of para-hydroxylation sites is 1. The van der Waals surface area contributed by atoms with Gasteiger partial charge in [-0.05, 0) is 76.3 Å². The summed E-state index contributed by atoms with van der Waals surface area (Å²) in [5.41, 5.74) is 8.29. The summed E-state index contributed by atoms with van der Waals surface area (Å²) >= 11 is 0. The van der Waals surface area contributed by atoms with Crippen LogP contribution in [0.4, 0.5) is 0 Å². The Kier molecular flexibility index (Phi) is 25.9. The zero-order chi connectivity index (χ0) is 59.2. The molecule has 2 heterocycles. The SMILES string of the molecule is C[C@H](O)C(=O)O[C@@H](C)C(=O)N[C@H](Cc1ccccc1)C(=O)N[C@H]1CSSC[C@@H](C(=O)N[C@H](CO)[C@@H](C)O)NC(=O)[C@H]([C@@H](C)O)NC(=O)[C@H](CCCCN)NC(=O)[C@@H](Cc2c[nH]c3ccccc23)NC(=O)[C@H](Cc2ccccc2)NC1=O. The molecular formula is C55H74N10O14S2. The molecule has 5 rings (SSSR count). The Balaban J connectivity index is 1.61. The summed E-state index contributed by atoms with van der Waals surface area (Å²) in [6.45, 7) is 4.47. The molecule has 1 aliphatic rings. The third-order valence-corrected chi connectivity index (χ3v) is 15.6. The molecule has 0 bridgehead atoms. The molecule has 1 saturated heterocycles. The van der Waals surface area contributed by atoms with E-state index in [4.69, 9.17) is 10.5 Å². The van der Waals surface area contributed by atoms with Gasteiger partial charge in [-0.15, -0.1) is 0 Å². The lowest BCUT2D eigenvalue weighted by molar-refractivity contribution is -0.162. The molecule has 0 saturated carbocycles. The minimum atomic E-state index is -1.73. The van der Waals surface area contributed by atoms with Crippen molar-refractivity contribution in [2.24, 2.45) is 5.73 Å². The van der Waals surface area contributed by atoms with E-state index < -0.39 is 133 Å². The number of hydrogen-bond donors (Lipinski definition) is 14. The molecule has 3 aromatic carbocycles. The Labute approximate surface area is 476 Å². The Morgan fingerprint density at radius 3 is 1.90 bits per heavy atom. The summed E-state index contributed by atoms with van der Waals surface area (Å²) < 4.78 is 5.08. The van der Waals surface area contributed by atoms with Crippen LogP contribution in [0.25, 0.3) is 10.9 Å². The number of benzene rings is 3. The van der Waals surface area contributed by atoms with Crippen molar-refractivity contribution in [3.05, 3.63) is 108 Å². The number of fused-ring (bicyclic) bond motifs is 1. The fraction of sp³-hybridized carbons (Fsp3) is 0.473. The van der Waals surface area contributed by atoms with Crippen molar-refractivity contribution in [2.75, 3.05) is 24.7 Å². The number of carbonyl (C=O) groups is 9. The van der Waals surface area contributed by atoms with Gasteiger partial charge in [-0.1, -0.05) is 100 Å². The van der Waals surface area contributed by atoms with Crippen molar-refractivity contribution in [1.29, 1.82) is 0 Å². The number of rotatable bonds is 21. The van der Waals surface area contributed by atoms with Crippen molar-refractivity contribution >= 4 is 85.7 Å². The number of hydrogen-bond acceptors (Lipinski definition) is 17. The van der Waals surface area contributed by atoms with Crippen molar-refractivity contribution in [1.82, 2.24) is 47.5 Å². The quantitative estimate of drug-likeness (QED) is 0.0261. The average molecular weight is 1160 g/mol. The lowest BCUT2D eigenvalue weighted by Crippen LogP contribution is -2.62. The molecular weight excluding hydrogens is 1090 g/mol. The highest BCUT2D eigenvalue weighted by molar-refractivity contribution is 8.76. The average Bonchev–Trinajstić information content (AvgIpc) is 4.07. The first-order valence-corrected chi connectivity index (χ1v) is 29.0. The Morgan fingerprint density at radius 1 is 0.679 bits per heavy atom. The number of H-pyrrole nitrogens is 1. The monoisotopic (exact) mass is 1160 g/mol. The predicted octanol–water partition coefficient (Wildman–Crippen LogP) is -1.34. The zero-order valence-electron chi connectivity index (χ0n) is 45.4. The largest absolute Gasteiger partial charge is 0.451 e. The highest BCUT2D eigenvalue weighted by Gasteiger charge is 2.37. The van der Waals surface area contributed by atoms with Gasteiger partial charge in [-0.25, -0.2) is 4.79 Å². The number of carbonyl (C=O) groups excluding carboxylic acids is 9. The molecule has 0 radical (unpaired) electrons. The normalized spacial score (nSPS) is 22.1. The summed E-state index contributed by atoms with van der Waals surface area (Å²) in [6, 6.07) is 12.7. The van der Waals surface area contributed by atoms with Crippen LogP contribution >= 0.6 is 21.6 Å². The summed E-state index contributed by atoms with van der Waals surface area (Å²) in [7, 11) is 1.87. The maximum absolute atomic E-state index is 14.9. The first-order chi connectivity index (χ1) is 38.7. The molecule has 440 valence electrons. The number of aromatic amines is 1. The van der Waals surface area contributed by atoms with Gasteiger partial charge >= 0.3 is 5.97 Å². The Hall–Kier alpha value is -7.07. The molecule has 81 heavy (non-hydrogen) atoms. The molecule has 1 fully saturated rings. The maximum atomic E-state index is 14.9. The van der Waals surface area contributed by atoms with Crippen LogP contribution in [0.2, 0.25) is 0 Å². The summed E-state index contributed by atoms with van der Waals surface area (Å²) in [6.07, 6.45) is -3.90. The molecule has 0 unspecified atom stereocenters. The fourth-order valence-corrected chi connectivity index (χ4v) is 10.8. The minimum absolute atomic E-state index is 0.0113. The number of nitrogens with two attached hydrogens (primary N) is 1. The first kappa shape index (κ1) is 64.7. The highest BCUT2D eigenvalue weighted by Crippen LogP contribution is 2.25. The van der Waals surface area contributed by atoms with Gasteiger partial charge in [0, 0.05) is 47.9 Å². The van der Waals surface area contributed by atoms with Gasteiger partial charge in [0.2, 0.25) is 41.4 Å². The van der Waals surface area contributed by atoms with E-state index in [9.17, 15) is 63.6 Å². The lowest BCUT2D eigenvalue weighted by Gasteiger charge is -2.29. The van der Waals surface area contributed by atoms with E-state index >= 15 is 0 Å². The molecule has 1 aromatic heterocycles. The molecule has 0 spiro atoms. The van der Waals surface area contributed by atoms with Crippen molar-refractivity contribution in [3.63, 3.8) is 0 Å². The molecule has 1 aliphatic heterocycles. The number of ether oxygens (including phenoxy) is 1. The number of aromatic nitrogens is 1. The number of unbranched alkanes of at least 4 members (excludes halogenated alkanes) is 1. The van der Waals surface area contributed by atoms with Crippen LogP contribution in [0.3, 0.4) is 0 Å². The summed E-state index contributed by atoms with van der Waals surface area (Å²) in [4.78, 5) is 131. The second kappa shape index (κ2) is 32.4. The van der Waals surface area contributed by atoms with E-state index in [1.165, 1.54) is 20.8 Å². The van der Waals surface area contributed by atoms with E-state index in [0.29, 0.717) is 29.5 Å². The number of esters is 1. The van der Waals surface area contributed by atoms with Crippen LogP contribution in [0.5, 0.6) is 0 Å². The molecule has 26 heteroatoms. The first-order valence-electron chi connectivity index (χ1n) is 26.5. The van der Waals surface area contributed by atoms with E-state index in [2.05, 4.69) is 47.5 Å². The van der Waals surface area contributed by atoms with E-state index in [0.717, 1.165) is 39.4 Å². The molecule has 15 N–H and O–H groups in total. The van der Waals surface area contributed by atoms with Crippen LogP contribution in [-0.4, -0.2) is 176 Å². The third kappa shape index (κ3) is 20.2. The van der Waals surface area contributed by atoms with Gasteiger partial charge in [0.1, 0.15) is 48.4 Å². The van der Waals surface area contributed by atoms with Gasteiger partial charge in [-0.3, -0.25) is 38.4 Å². The van der Waals surface area contributed by atoms with Crippen LogP contribution in [0, 0.1) is 0 Å². The molecule has 12 atom stereocenters. The van der Waals surface area contributed by atoms with Gasteiger partial charge in [0.15, 0.2) is 6.10 Å². The van der Waals surface area contributed by atoms with Gasteiger partial charge in [-0.2, -0.15) is 0 Å². The van der Waals surface area contributed by atoms with Crippen molar-refractivity contribution in [3.8, 4) is 0 Å². The maximum Gasteiger partial charge on any atom is 0.335 e. The van der Waals surface area contributed by atoms with Crippen LogP contribution < -0.4 is 48.3 Å². The molecule has 0 aliphatic carbocycles. The van der Waals surface area contributed by atoms with E-state index in [1.54, 1.807) is 72.9 Å². The van der Waals surface area contributed by atoms with Gasteiger partial charge < -0.3 is 78.4 Å². The fourth-order valence-electron chi connectivity index (χ4n) is 8.43. The molecule has 8 amide bonds. The van der Waals surface area contributed by atoms with Gasteiger partial charge in [0.05, 0.1) is 24.9 Å². The topological polar surface area (TPSA) is 382 Å². The smallest absolute Gasteiger partial charge is 0.335 e. The van der Waals surface area contributed by atoms with Crippen LogP contribution in [0.1, 0.15) is 63.6 Å². The van der Waals surface area contributed by atoms with Crippen molar-refractivity contribution in [2.45, 2.75) is 139 Å². The number of aliphatic hydroxyl groups excluding tert-OH is 4. The Bertz CT molecular complexity index is 2750. The molecule has 4 aromatic rings. The summed E-state index contributed by atoms with van der Waals surface area (Å²) in [5, 5.41) is 62.8. The second-order valence-corrected chi connectivity index (χ2v) is 22.2. The summed E-state index contributed by atoms with van der Waals surface area (Å²) in [5.74, 6) is -8.94. The second-order valence-electron chi connectivity index (χ2n) is 19.7. The van der Waals surface area contributed by atoms with Gasteiger partial charge in [0.25, 0.3) is 5.91 Å². The van der Waals surface area contributed by atoms with E-state index in [1.807, 2.05) is 18.2 Å². The Morgan fingerprint density at radius 2 is 1.27 bits per heavy atom. The number of amides is 8. The van der Waals surface area contributed by atoms with E-state index in [-0.39, 0.29) is 43.7 Å². The number of nitrogens with one attached hydrogen (secondary N) is 9. The lowest BCUT2D eigenvalue weighted by atomic mass is 10.0. The predicted molar refractivity (Wildman–Crippen MR) is 303 cm³/mol. The van der Waals surface area contributed by atoms with Crippen LogP contribution in [0.15, 0.2) is 91.1 Å². The number of aliphatic hydroxyl groups is 4. The molecule has 24 nitrogen and oxygen atoms in total. The van der Waals surface area contributed by atoms with Crippen LogP contribution in [-0.2, 0) is 67.2 Å². The zero-order valence-corrected chi connectivity index (χ0v) is 47.1. The highest BCUT2D eigenvalue weighted by atomic mass is 33.1.